The van der Waals surface area contributed by atoms with Gasteiger partial charge in [-0.1, -0.05) is 29.8 Å². The van der Waals surface area contributed by atoms with Crippen LogP contribution in [0.25, 0.3) is 0 Å². The number of methoxy groups -OCH3 is 2. The van der Waals surface area contributed by atoms with Gasteiger partial charge in [-0.05, 0) is 29.7 Å². The Hall–Kier alpha value is -1.07. The standard InChI is InChI=1S/C14H19BrO4/c1-8(2)12(14(17)19-4)13(16)10-7-9(18-3)5-6-11(10)15/h5-8,12-13,16H,1-4H3. The van der Waals surface area contributed by atoms with Crippen LogP contribution >= 0.6 is 15.9 Å². The van der Waals surface area contributed by atoms with Crippen molar-refractivity contribution in [3.63, 3.8) is 0 Å². The minimum atomic E-state index is -0.947. The van der Waals surface area contributed by atoms with Crippen molar-refractivity contribution in [3.8, 4) is 5.75 Å². The Morgan fingerprint density at radius 2 is 1.95 bits per heavy atom. The van der Waals surface area contributed by atoms with Crippen LogP contribution < -0.4 is 4.74 Å². The molecule has 4 nitrogen and oxygen atoms in total. The van der Waals surface area contributed by atoms with E-state index in [9.17, 15) is 9.90 Å². The van der Waals surface area contributed by atoms with Crippen molar-refractivity contribution < 1.29 is 19.4 Å². The summed E-state index contributed by atoms with van der Waals surface area (Å²) in [6.45, 7) is 3.75. The molecule has 0 amide bonds. The van der Waals surface area contributed by atoms with Gasteiger partial charge in [0.15, 0.2) is 0 Å². The molecule has 2 unspecified atom stereocenters. The molecule has 0 aliphatic rings. The average Bonchev–Trinajstić information content (AvgIpc) is 2.38. The normalized spacial score (nSPS) is 14.1. The van der Waals surface area contributed by atoms with Crippen LogP contribution in [0.2, 0.25) is 0 Å². The lowest BCUT2D eigenvalue weighted by molar-refractivity contribution is -0.152. The van der Waals surface area contributed by atoms with E-state index in [1.807, 2.05) is 13.8 Å². The molecule has 1 aromatic rings. The van der Waals surface area contributed by atoms with Crippen LogP contribution in [0.1, 0.15) is 25.5 Å². The Balaban J connectivity index is 3.15. The van der Waals surface area contributed by atoms with Crippen molar-refractivity contribution in [2.75, 3.05) is 14.2 Å². The lowest BCUT2D eigenvalue weighted by atomic mass is 9.86. The second-order valence-corrected chi connectivity index (χ2v) is 5.48. The highest BCUT2D eigenvalue weighted by Gasteiger charge is 2.33. The van der Waals surface area contributed by atoms with Crippen LogP contribution in [0.15, 0.2) is 22.7 Å². The fourth-order valence-corrected chi connectivity index (χ4v) is 2.45. The molecular weight excluding hydrogens is 312 g/mol. The van der Waals surface area contributed by atoms with Gasteiger partial charge in [0.25, 0.3) is 0 Å². The van der Waals surface area contributed by atoms with E-state index in [-0.39, 0.29) is 5.92 Å². The maximum atomic E-state index is 11.8. The summed E-state index contributed by atoms with van der Waals surface area (Å²) in [5.41, 5.74) is 0.614. The Bertz CT molecular complexity index is 445. The van der Waals surface area contributed by atoms with E-state index in [1.165, 1.54) is 7.11 Å². The van der Waals surface area contributed by atoms with Crippen LogP contribution in [0.4, 0.5) is 0 Å². The van der Waals surface area contributed by atoms with E-state index < -0.39 is 18.0 Å². The Kier molecular flexibility index (Phi) is 5.82. The maximum absolute atomic E-state index is 11.8. The predicted molar refractivity (Wildman–Crippen MR) is 76.0 cm³/mol. The molecule has 0 aliphatic heterocycles. The average molecular weight is 331 g/mol. The molecule has 0 heterocycles. The molecular formula is C14H19BrO4. The summed E-state index contributed by atoms with van der Waals surface area (Å²) in [5, 5.41) is 10.5. The summed E-state index contributed by atoms with van der Waals surface area (Å²) in [5.74, 6) is -0.448. The second kappa shape index (κ2) is 6.91. The van der Waals surface area contributed by atoms with E-state index in [0.29, 0.717) is 11.3 Å². The summed E-state index contributed by atoms with van der Waals surface area (Å²) in [4.78, 5) is 11.8. The van der Waals surface area contributed by atoms with E-state index in [1.54, 1.807) is 25.3 Å². The van der Waals surface area contributed by atoms with E-state index in [2.05, 4.69) is 15.9 Å². The summed E-state index contributed by atoms with van der Waals surface area (Å²) >= 11 is 3.38. The second-order valence-electron chi connectivity index (χ2n) is 4.63. The number of carbonyl (C=O) groups excluding carboxylic acids is 1. The maximum Gasteiger partial charge on any atom is 0.311 e. The molecule has 106 valence electrons. The summed E-state index contributed by atoms with van der Waals surface area (Å²) < 4.78 is 10.6. The first kappa shape index (κ1) is 16.0. The third-order valence-corrected chi connectivity index (χ3v) is 3.78. The van der Waals surface area contributed by atoms with E-state index in [4.69, 9.17) is 9.47 Å². The van der Waals surface area contributed by atoms with Gasteiger partial charge in [0.1, 0.15) is 5.75 Å². The molecule has 0 aromatic heterocycles. The quantitative estimate of drug-likeness (QED) is 0.843. The van der Waals surface area contributed by atoms with E-state index >= 15 is 0 Å². The van der Waals surface area contributed by atoms with Gasteiger partial charge in [-0.2, -0.15) is 0 Å². The first-order chi connectivity index (χ1) is 8.92. The van der Waals surface area contributed by atoms with Crippen molar-refractivity contribution in [1.82, 2.24) is 0 Å². The molecule has 0 aliphatic carbocycles. The number of hydrogen-bond acceptors (Lipinski definition) is 4. The van der Waals surface area contributed by atoms with Crippen LogP contribution in [0.3, 0.4) is 0 Å². The van der Waals surface area contributed by atoms with Crippen molar-refractivity contribution >= 4 is 21.9 Å². The Labute approximate surface area is 121 Å². The summed E-state index contributed by atoms with van der Waals surface area (Å²) in [6.07, 6.45) is -0.947. The number of aliphatic hydroxyl groups is 1. The molecule has 0 saturated carbocycles. The van der Waals surface area contributed by atoms with Gasteiger partial charge in [-0.3, -0.25) is 4.79 Å². The number of carbonyl (C=O) groups is 1. The van der Waals surface area contributed by atoms with Crippen molar-refractivity contribution in [3.05, 3.63) is 28.2 Å². The predicted octanol–water partition coefficient (Wildman–Crippen LogP) is 2.94. The van der Waals surface area contributed by atoms with Gasteiger partial charge in [0, 0.05) is 4.47 Å². The largest absolute Gasteiger partial charge is 0.497 e. The number of esters is 1. The third-order valence-electron chi connectivity index (χ3n) is 3.05. The zero-order chi connectivity index (χ0) is 14.6. The topological polar surface area (TPSA) is 55.8 Å². The molecule has 2 atom stereocenters. The fraction of sp³-hybridized carbons (Fsp3) is 0.500. The van der Waals surface area contributed by atoms with Crippen LogP contribution in [-0.2, 0) is 9.53 Å². The lowest BCUT2D eigenvalue weighted by Crippen LogP contribution is -2.28. The number of halogens is 1. The minimum Gasteiger partial charge on any atom is -0.497 e. The number of ether oxygens (including phenoxy) is 2. The number of rotatable bonds is 5. The van der Waals surface area contributed by atoms with Gasteiger partial charge in [-0.15, -0.1) is 0 Å². The third kappa shape index (κ3) is 3.70. The number of benzene rings is 1. The van der Waals surface area contributed by atoms with Crippen molar-refractivity contribution in [1.29, 1.82) is 0 Å². The molecule has 0 bridgehead atoms. The van der Waals surface area contributed by atoms with Crippen molar-refractivity contribution in [2.24, 2.45) is 11.8 Å². The summed E-state index contributed by atoms with van der Waals surface area (Å²) in [7, 11) is 2.88. The lowest BCUT2D eigenvalue weighted by Gasteiger charge is -2.25. The molecule has 5 heteroatoms. The smallest absolute Gasteiger partial charge is 0.311 e. The molecule has 1 aromatic carbocycles. The van der Waals surface area contributed by atoms with E-state index in [0.717, 1.165) is 4.47 Å². The van der Waals surface area contributed by atoms with Gasteiger partial charge in [-0.25, -0.2) is 0 Å². The molecule has 0 radical (unpaired) electrons. The van der Waals surface area contributed by atoms with Gasteiger partial charge in [0.2, 0.25) is 0 Å². The van der Waals surface area contributed by atoms with Gasteiger partial charge >= 0.3 is 5.97 Å². The number of hydrogen-bond donors (Lipinski definition) is 1. The SMILES string of the molecule is COC(=O)C(C(C)C)C(O)c1cc(OC)ccc1Br. The minimum absolute atomic E-state index is 0.0412. The molecule has 1 N–H and O–H groups in total. The Morgan fingerprint density at radius 3 is 2.42 bits per heavy atom. The zero-order valence-electron chi connectivity index (χ0n) is 11.5. The molecule has 0 saturated heterocycles. The first-order valence-electron chi connectivity index (χ1n) is 6.01. The zero-order valence-corrected chi connectivity index (χ0v) is 13.1. The number of aliphatic hydroxyl groups excluding tert-OH is 1. The Morgan fingerprint density at radius 1 is 1.32 bits per heavy atom. The van der Waals surface area contributed by atoms with Crippen LogP contribution in [0, 0.1) is 11.8 Å². The van der Waals surface area contributed by atoms with Crippen LogP contribution in [-0.4, -0.2) is 25.3 Å². The molecule has 0 fully saturated rings. The monoisotopic (exact) mass is 330 g/mol. The fourth-order valence-electron chi connectivity index (χ4n) is 1.97. The molecule has 19 heavy (non-hydrogen) atoms. The summed E-state index contributed by atoms with van der Waals surface area (Å²) in [6, 6.07) is 5.28. The first-order valence-corrected chi connectivity index (χ1v) is 6.81. The van der Waals surface area contributed by atoms with Crippen LogP contribution in [0.5, 0.6) is 5.75 Å². The highest BCUT2D eigenvalue weighted by molar-refractivity contribution is 9.10. The highest BCUT2D eigenvalue weighted by atomic mass is 79.9. The van der Waals surface area contributed by atoms with Crippen molar-refractivity contribution in [2.45, 2.75) is 20.0 Å². The van der Waals surface area contributed by atoms with Gasteiger partial charge < -0.3 is 14.6 Å². The highest BCUT2D eigenvalue weighted by Crippen LogP contribution is 2.35. The molecule has 1 rings (SSSR count). The molecule has 0 spiro atoms. The van der Waals surface area contributed by atoms with Gasteiger partial charge in [0.05, 0.1) is 26.2 Å².